The second-order valence-electron chi connectivity index (χ2n) is 10.6. The highest BCUT2D eigenvalue weighted by atomic mass is 35.5. The Morgan fingerprint density at radius 1 is 1.12 bits per heavy atom. The lowest BCUT2D eigenvalue weighted by atomic mass is 9.97. The number of carbonyl (C=O) groups excluding carboxylic acids is 1. The summed E-state index contributed by atoms with van der Waals surface area (Å²) in [5.74, 6) is 0.996. The van der Waals surface area contributed by atoms with E-state index in [0.29, 0.717) is 49.1 Å². The molecule has 1 unspecified atom stereocenters. The quantitative estimate of drug-likeness (QED) is 0.359. The third-order valence-corrected chi connectivity index (χ3v) is 9.19. The first kappa shape index (κ1) is 30.9. The van der Waals surface area contributed by atoms with E-state index in [4.69, 9.17) is 11.6 Å². The number of nitrogens with zero attached hydrogens (tertiary/aromatic N) is 3. The lowest BCUT2D eigenvalue weighted by Gasteiger charge is -2.37. The number of hydrogen-bond acceptors (Lipinski definition) is 6. The maximum atomic E-state index is 15.0. The summed E-state index contributed by atoms with van der Waals surface area (Å²) in [4.78, 5) is 19.1. The molecule has 2 aliphatic rings. The van der Waals surface area contributed by atoms with E-state index in [2.05, 4.69) is 29.6 Å². The van der Waals surface area contributed by atoms with E-state index in [1.54, 1.807) is 29.2 Å². The lowest BCUT2D eigenvalue weighted by molar-refractivity contribution is -0.138. The topological polar surface area (TPSA) is 50.9 Å². The number of likely N-dealkylation sites (N-methyl/N-ethyl adjacent to an activating group) is 1. The normalized spacial score (nSPS) is 20.4. The number of carbonyl (C=O) groups is 1. The van der Waals surface area contributed by atoms with E-state index in [1.165, 1.54) is 12.1 Å². The first-order valence-electron chi connectivity index (χ1n) is 13.4. The van der Waals surface area contributed by atoms with Gasteiger partial charge in [0, 0.05) is 62.1 Å². The maximum Gasteiger partial charge on any atom is 0.390 e. The molecule has 2 aromatic rings. The zero-order chi connectivity index (χ0) is 28.9. The molecule has 2 heterocycles. The van der Waals surface area contributed by atoms with Gasteiger partial charge >= 0.3 is 6.18 Å². The van der Waals surface area contributed by atoms with Crippen molar-refractivity contribution < 1.29 is 22.4 Å². The lowest BCUT2D eigenvalue weighted by Crippen LogP contribution is -2.51. The summed E-state index contributed by atoms with van der Waals surface area (Å²) >= 11 is 8.17. The fourth-order valence-electron chi connectivity index (χ4n) is 5.10. The van der Waals surface area contributed by atoms with Crippen LogP contribution in [0.3, 0.4) is 0 Å². The van der Waals surface area contributed by atoms with Crippen LogP contribution in [0.4, 0.5) is 28.9 Å². The van der Waals surface area contributed by atoms with Gasteiger partial charge in [-0.15, -0.1) is 0 Å². The summed E-state index contributed by atoms with van der Waals surface area (Å²) in [5, 5.41) is 6.71. The average Bonchev–Trinajstić information content (AvgIpc) is 3.39. The van der Waals surface area contributed by atoms with Crippen LogP contribution in [-0.4, -0.2) is 92.3 Å². The molecule has 1 atom stereocenters. The molecule has 12 heteroatoms. The fraction of sp³-hybridized carbons (Fsp3) is 0.536. The third kappa shape index (κ3) is 8.03. The first-order chi connectivity index (χ1) is 19.0. The molecule has 220 valence electrons. The standard InChI is InChI=1S/C28H36ClF4N5OS/c1-36(2)27(8-14-40-19-27)18-34-17-20-3-5-22(23(30)15-20)26(39)35-24-6-4-21(29)16-25(24)38-12-10-37(11-13-38)9-7-28(31,32)33/h3-6,15-16,34H,7-14,17-19H2,1-2H3,(H,35,39). The molecule has 4 rings (SSSR count). The molecule has 0 radical (unpaired) electrons. The van der Waals surface area contributed by atoms with Gasteiger partial charge in [0.25, 0.3) is 5.91 Å². The van der Waals surface area contributed by atoms with E-state index >= 15 is 4.39 Å². The molecule has 6 nitrogen and oxygen atoms in total. The van der Waals surface area contributed by atoms with Gasteiger partial charge in [-0.25, -0.2) is 4.39 Å². The summed E-state index contributed by atoms with van der Waals surface area (Å²) in [7, 11) is 4.18. The van der Waals surface area contributed by atoms with E-state index in [9.17, 15) is 18.0 Å². The third-order valence-electron chi connectivity index (χ3n) is 7.72. The minimum Gasteiger partial charge on any atom is -0.367 e. The van der Waals surface area contributed by atoms with Gasteiger partial charge < -0.3 is 20.4 Å². The number of halogens is 5. The Morgan fingerprint density at radius 3 is 2.50 bits per heavy atom. The van der Waals surface area contributed by atoms with Crippen LogP contribution in [0.15, 0.2) is 36.4 Å². The zero-order valence-electron chi connectivity index (χ0n) is 22.8. The molecule has 2 fully saturated rings. The number of rotatable bonds is 10. The molecule has 2 saturated heterocycles. The van der Waals surface area contributed by atoms with Crippen molar-refractivity contribution >= 4 is 40.6 Å². The number of nitrogens with one attached hydrogen (secondary N) is 2. The Morgan fingerprint density at radius 2 is 1.88 bits per heavy atom. The van der Waals surface area contributed by atoms with E-state index in [-0.39, 0.29) is 17.6 Å². The maximum absolute atomic E-state index is 15.0. The Balaban J connectivity index is 1.36. The van der Waals surface area contributed by atoms with E-state index < -0.39 is 24.3 Å². The van der Waals surface area contributed by atoms with E-state index in [0.717, 1.165) is 30.0 Å². The molecule has 2 aromatic carbocycles. The van der Waals surface area contributed by atoms with Gasteiger partial charge in [0.2, 0.25) is 0 Å². The van der Waals surface area contributed by atoms with Gasteiger partial charge in [-0.3, -0.25) is 9.69 Å². The van der Waals surface area contributed by atoms with Crippen molar-refractivity contribution in [1.29, 1.82) is 0 Å². The smallest absolute Gasteiger partial charge is 0.367 e. The van der Waals surface area contributed by atoms with Crippen molar-refractivity contribution in [3.63, 3.8) is 0 Å². The zero-order valence-corrected chi connectivity index (χ0v) is 24.4. The van der Waals surface area contributed by atoms with Gasteiger partial charge in [-0.05, 0) is 62.2 Å². The monoisotopic (exact) mass is 601 g/mol. The molecule has 0 saturated carbocycles. The Kier molecular flexibility index (Phi) is 10.3. The Bertz CT molecular complexity index is 1170. The highest BCUT2D eigenvalue weighted by Crippen LogP contribution is 2.32. The number of hydrogen-bond donors (Lipinski definition) is 2. The van der Waals surface area contributed by atoms with Gasteiger partial charge in [0.1, 0.15) is 5.82 Å². The Hall–Kier alpha value is -2.05. The van der Waals surface area contributed by atoms with Gasteiger partial charge in [0.05, 0.1) is 23.4 Å². The molecule has 2 N–H and O–H groups in total. The van der Waals surface area contributed by atoms with Crippen molar-refractivity contribution in [2.75, 3.05) is 75.1 Å². The van der Waals surface area contributed by atoms with Crippen LogP contribution in [0.5, 0.6) is 0 Å². The molecule has 0 aliphatic carbocycles. The summed E-state index contributed by atoms with van der Waals surface area (Å²) < 4.78 is 52.8. The predicted molar refractivity (Wildman–Crippen MR) is 155 cm³/mol. The molecule has 1 amide bonds. The Labute approximate surface area is 242 Å². The minimum atomic E-state index is -4.19. The summed E-state index contributed by atoms with van der Waals surface area (Å²) in [6, 6.07) is 9.62. The molecule has 40 heavy (non-hydrogen) atoms. The SMILES string of the molecule is CN(C)C1(CNCc2ccc(C(=O)Nc3ccc(Cl)cc3N3CCN(CCC(F)(F)F)CC3)c(F)c2)CCSC1. The van der Waals surface area contributed by atoms with Crippen LogP contribution >= 0.6 is 23.4 Å². The van der Waals surface area contributed by atoms with Gasteiger partial charge in [0.15, 0.2) is 0 Å². The second-order valence-corrected chi connectivity index (χ2v) is 12.2. The van der Waals surface area contributed by atoms with Crippen LogP contribution in [0.25, 0.3) is 0 Å². The highest BCUT2D eigenvalue weighted by Gasteiger charge is 2.36. The average molecular weight is 602 g/mol. The summed E-state index contributed by atoms with van der Waals surface area (Å²) in [5.41, 5.74) is 1.89. The molecule has 0 aromatic heterocycles. The van der Waals surface area contributed by atoms with Crippen molar-refractivity contribution in [3.05, 3.63) is 58.4 Å². The molecule has 0 spiro atoms. The van der Waals surface area contributed by atoms with Crippen LogP contribution in [0.1, 0.15) is 28.8 Å². The largest absolute Gasteiger partial charge is 0.390 e. The molecule has 0 bridgehead atoms. The van der Waals surface area contributed by atoms with Crippen molar-refractivity contribution in [2.24, 2.45) is 0 Å². The van der Waals surface area contributed by atoms with Gasteiger partial charge in [-0.2, -0.15) is 24.9 Å². The summed E-state index contributed by atoms with van der Waals surface area (Å²) in [6.07, 6.45) is -3.93. The molecular weight excluding hydrogens is 566 g/mol. The number of anilines is 2. The van der Waals surface area contributed by atoms with E-state index in [1.807, 2.05) is 16.7 Å². The number of amides is 1. The van der Waals surface area contributed by atoms with Crippen LogP contribution in [0.2, 0.25) is 5.02 Å². The minimum absolute atomic E-state index is 0.0448. The fourth-order valence-corrected chi connectivity index (χ4v) is 6.82. The van der Waals surface area contributed by atoms with Crippen LogP contribution in [-0.2, 0) is 6.54 Å². The van der Waals surface area contributed by atoms with Gasteiger partial charge in [-0.1, -0.05) is 17.7 Å². The number of piperazine rings is 1. The van der Waals surface area contributed by atoms with Crippen molar-refractivity contribution in [1.82, 2.24) is 15.1 Å². The van der Waals surface area contributed by atoms with Crippen LogP contribution < -0.4 is 15.5 Å². The number of benzene rings is 2. The number of thioether (sulfide) groups is 1. The molecular formula is C28H36ClF4N5OS. The number of alkyl halides is 3. The van der Waals surface area contributed by atoms with Crippen molar-refractivity contribution in [2.45, 2.75) is 31.1 Å². The second kappa shape index (κ2) is 13.3. The highest BCUT2D eigenvalue weighted by molar-refractivity contribution is 7.99. The van der Waals surface area contributed by atoms with Crippen molar-refractivity contribution in [3.8, 4) is 0 Å². The summed E-state index contributed by atoms with van der Waals surface area (Å²) in [6.45, 7) is 3.11. The van der Waals surface area contributed by atoms with Crippen LogP contribution in [0, 0.1) is 5.82 Å². The predicted octanol–water partition coefficient (Wildman–Crippen LogP) is 5.33. The molecule has 2 aliphatic heterocycles. The first-order valence-corrected chi connectivity index (χ1v) is 14.9.